The van der Waals surface area contributed by atoms with Crippen molar-refractivity contribution in [2.45, 2.75) is 6.92 Å². The third-order valence-electron chi connectivity index (χ3n) is 2.31. The highest BCUT2D eigenvalue weighted by atomic mass is 16.5. The molecule has 1 N–H and O–H groups in total. The van der Waals surface area contributed by atoms with Crippen LogP contribution in [-0.4, -0.2) is 50.1 Å². The van der Waals surface area contributed by atoms with Crippen LogP contribution in [-0.2, 0) is 14.3 Å². The molecule has 5 nitrogen and oxygen atoms in total. The SMILES string of the molecule is CNCC(C)COCCN1C(=O)C=CC1=O. The van der Waals surface area contributed by atoms with Gasteiger partial charge in [0.1, 0.15) is 0 Å². The standard InChI is InChI=1S/C11H18N2O3/c1-9(7-12-2)8-16-6-5-13-10(14)3-4-11(13)15/h3-4,9,12H,5-8H2,1-2H3. The summed E-state index contributed by atoms with van der Waals surface area (Å²) in [6, 6.07) is 0. The minimum absolute atomic E-state index is 0.253. The van der Waals surface area contributed by atoms with Gasteiger partial charge in [-0.2, -0.15) is 0 Å². The van der Waals surface area contributed by atoms with Gasteiger partial charge in [-0.3, -0.25) is 14.5 Å². The summed E-state index contributed by atoms with van der Waals surface area (Å²) in [7, 11) is 1.89. The average Bonchev–Trinajstić information content (AvgIpc) is 2.55. The van der Waals surface area contributed by atoms with Gasteiger partial charge in [0.25, 0.3) is 11.8 Å². The Kier molecular flexibility index (Phi) is 5.14. The number of nitrogens with one attached hydrogen (secondary N) is 1. The lowest BCUT2D eigenvalue weighted by Gasteiger charge is -2.15. The molecule has 0 saturated heterocycles. The van der Waals surface area contributed by atoms with E-state index in [0.29, 0.717) is 25.7 Å². The van der Waals surface area contributed by atoms with Crippen molar-refractivity contribution in [1.82, 2.24) is 10.2 Å². The van der Waals surface area contributed by atoms with Gasteiger partial charge in [-0.1, -0.05) is 6.92 Å². The number of carbonyl (C=O) groups excluding carboxylic acids is 2. The summed E-state index contributed by atoms with van der Waals surface area (Å²) in [5, 5.41) is 3.05. The molecule has 5 heteroatoms. The second kappa shape index (κ2) is 6.40. The van der Waals surface area contributed by atoms with Crippen LogP contribution in [0.25, 0.3) is 0 Å². The van der Waals surface area contributed by atoms with Crippen molar-refractivity contribution in [2.75, 3.05) is 33.4 Å². The number of imide groups is 1. The largest absolute Gasteiger partial charge is 0.379 e. The molecule has 0 aromatic heterocycles. The van der Waals surface area contributed by atoms with E-state index in [-0.39, 0.29) is 11.8 Å². The molecular formula is C11H18N2O3. The summed E-state index contributed by atoms with van der Waals surface area (Å²) in [5.74, 6) is -0.0816. The Morgan fingerprint density at radius 3 is 2.56 bits per heavy atom. The van der Waals surface area contributed by atoms with Crippen LogP contribution in [0.4, 0.5) is 0 Å². The number of hydrogen-bond acceptors (Lipinski definition) is 4. The Balaban J connectivity index is 2.12. The van der Waals surface area contributed by atoms with Crippen molar-refractivity contribution in [2.24, 2.45) is 5.92 Å². The van der Waals surface area contributed by atoms with E-state index in [1.54, 1.807) is 0 Å². The maximum atomic E-state index is 11.2. The lowest BCUT2D eigenvalue weighted by Crippen LogP contribution is -2.33. The first-order chi connectivity index (χ1) is 7.65. The predicted octanol–water partition coefficient (Wildman–Crippen LogP) is -0.217. The topological polar surface area (TPSA) is 58.6 Å². The summed E-state index contributed by atoms with van der Waals surface area (Å²) in [6.45, 7) is 4.32. The Morgan fingerprint density at radius 1 is 1.38 bits per heavy atom. The monoisotopic (exact) mass is 226 g/mol. The van der Waals surface area contributed by atoms with Crippen LogP contribution in [0, 0.1) is 5.92 Å². The van der Waals surface area contributed by atoms with Gasteiger partial charge in [0.15, 0.2) is 0 Å². The molecule has 0 aromatic carbocycles. The quantitative estimate of drug-likeness (QED) is 0.482. The molecule has 0 bridgehead atoms. The third-order valence-corrected chi connectivity index (χ3v) is 2.31. The Bertz CT molecular complexity index is 271. The Hall–Kier alpha value is -1.20. The van der Waals surface area contributed by atoms with E-state index in [0.717, 1.165) is 6.54 Å². The van der Waals surface area contributed by atoms with Crippen LogP contribution in [0.2, 0.25) is 0 Å². The molecule has 0 aromatic rings. The summed E-state index contributed by atoms with van der Waals surface area (Å²) in [4.78, 5) is 23.5. The van der Waals surface area contributed by atoms with E-state index in [2.05, 4.69) is 12.2 Å². The van der Waals surface area contributed by atoms with E-state index in [1.807, 2.05) is 7.05 Å². The zero-order valence-corrected chi connectivity index (χ0v) is 9.73. The molecule has 16 heavy (non-hydrogen) atoms. The first-order valence-corrected chi connectivity index (χ1v) is 5.41. The smallest absolute Gasteiger partial charge is 0.253 e. The van der Waals surface area contributed by atoms with Gasteiger partial charge in [0.05, 0.1) is 19.8 Å². The number of carbonyl (C=O) groups is 2. The number of rotatable bonds is 7. The summed E-state index contributed by atoms with van der Waals surface area (Å²) in [5.41, 5.74) is 0. The van der Waals surface area contributed by atoms with Crippen LogP contribution in [0.15, 0.2) is 12.2 Å². The fourth-order valence-corrected chi connectivity index (χ4v) is 1.50. The van der Waals surface area contributed by atoms with Crippen LogP contribution in [0.1, 0.15) is 6.92 Å². The van der Waals surface area contributed by atoms with E-state index in [1.165, 1.54) is 17.1 Å². The molecule has 1 atom stereocenters. The van der Waals surface area contributed by atoms with E-state index >= 15 is 0 Å². The highest BCUT2D eigenvalue weighted by molar-refractivity contribution is 6.12. The molecule has 1 aliphatic rings. The summed E-state index contributed by atoms with van der Waals surface area (Å²) in [6.07, 6.45) is 2.57. The molecule has 0 spiro atoms. The highest BCUT2D eigenvalue weighted by Crippen LogP contribution is 2.03. The van der Waals surface area contributed by atoms with E-state index < -0.39 is 0 Å². The van der Waals surface area contributed by atoms with Crippen LogP contribution in [0.3, 0.4) is 0 Å². The van der Waals surface area contributed by atoms with Gasteiger partial charge in [-0.25, -0.2) is 0 Å². The van der Waals surface area contributed by atoms with Gasteiger partial charge in [0.2, 0.25) is 0 Å². The predicted molar refractivity (Wildman–Crippen MR) is 59.8 cm³/mol. The van der Waals surface area contributed by atoms with Gasteiger partial charge < -0.3 is 10.1 Å². The summed E-state index contributed by atoms with van der Waals surface area (Å²) >= 11 is 0. The maximum absolute atomic E-state index is 11.2. The fraction of sp³-hybridized carbons (Fsp3) is 0.636. The lowest BCUT2D eigenvalue weighted by atomic mass is 10.2. The third kappa shape index (κ3) is 3.75. The Morgan fingerprint density at radius 2 is 2.00 bits per heavy atom. The highest BCUT2D eigenvalue weighted by Gasteiger charge is 2.22. The van der Waals surface area contributed by atoms with E-state index in [4.69, 9.17) is 4.74 Å². The average molecular weight is 226 g/mol. The van der Waals surface area contributed by atoms with Crippen molar-refractivity contribution in [1.29, 1.82) is 0 Å². The molecule has 1 rings (SSSR count). The number of ether oxygens (including phenoxy) is 1. The van der Waals surface area contributed by atoms with Gasteiger partial charge in [-0.05, 0) is 19.5 Å². The van der Waals surface area contributed by atoms with Crippen LogP contribution < -0.4 is 5.32 Å². The molecule has 0 saturated carbocycles. The Labute approximate surface area is 95.4 Å². The second-order valence-electron chi connectivity index (χ2n) is 3.90. The van der Waals surface area contributed by atoms with Gasteiger partial charge >= 0.3 is 0 Å². The molecule has 0 radical (unpaired) electrons. The number of hydrogen-bond donors (Lipinski definition) is 1. The zero-order chi connectivity index (χ0) is 12.0. The van der Waals surface area contributed by atoms with Crippen molar-refractivity contribution in [3.8, 4) is 0 Å². The fourth-order valence-electron chi connectivity index (χ4n) is 1.50. The number of nitrogens with zero attached hydrogens (tertiary/aromatic N) is 1. The molecule has 2 amide bonds. The zero-order valence-electron chi connectivity index (χ0n) is 9.73. The summed E-state index contributed by atoms with van der Waals surface area (Å²) < 4.78 is 5.39. The number of amides is 2. The van der Waals surface area contributed by atoms with E-state index in [9.17, 15) is 9.59 Å². The minimum Gasteiger partial charge on any atom is -0.379 e. The van der Waals surface area contributed by atoms with Crippen molar-refractivity contribution < 1.29 is 14.3 Å². The van der Waals surface area contributed by atoms with Crippen LogP contribution in [0.5, 0.6) is 0 Å². The molecule has 1 aliphatic heterocycles. The first kappa shape index (κ1) is 12.9. The van der Waals surface area contributed by atoms with Gasteiger partial charge in [0, 0.05) is 12.2 Å². The molecule has 0 aliphatic carbocycles. The van der Waals surface area contributed by atoms with Crippen molar-refractivity contribution in [3.05, 3.63) is 12.2 Å². The van der Waals surface area contributed by atoms with Gasteiger partial charge in [-0.15, -0.1) is 0 Å². The molecule has 1 unspecified atom stereocenters. The molecular weight excluding hydrogens is 208 g/mol. The molecule has 1 heterocycles. The molecule has 90 valence electrons. The molecule has 0 fully saturated rings. The second-order valence-corrected chi connectivity index (χ2v) is 3.90. The minimum atomic E-state index is -0.253. The normalized spacial score (nSPS) is 17.2. The van der Waals surface area contributed by atoms with Crippen molar-refractivity contribution >= 4 is 11.8 Å². The van der Waals surface area contributed by atoms with Crippen LogP contribution >= 0.6 is 0 Å². The maximum Gasteiger partial charge on any atom is 0.253 e. The van der Waals surface area contributed by atoms with Crippen molar-refractivity contribution in [3.63, 3.8) is 0 Å². The lowest BCUT2D eigenvalue weighted by molar-refractivity contribution is -0.137. The first-order valence-electron chi connectivity index (χ1n) is 5.41.